The van der Waals surface area contributed by atoms with E-state index in [0.29, 0.717) is 23.9 Å². The molecule has 0 saturated carbocycles. The number of anilines is 7. The smallest absolute Gasteiger partial charge is 0.338 e. The third-order valence-electron chi connectivity index (χ3n) is 8.31. The van der Waals surface area contributed by atoms with Gasteiger partial charge in [0.2, 0.25) is 0 Å². The molecule has 53 heavy (non-hydrogen) atoms. The van der Waals surface area contributed by atoms with E-state index in [-0.39, 0.29) is 5.97 Å². The van der Waals surface area contributed by atoms with Crippen molar-refractivity contribution < 1.29 is 9.53 Å². The fraction of sp³-hybridized carbons (Fsp3) is 0.159. The number of nitrogen functional groups attached to an aromatic ring is 6. The summed E-state index contributed by atoms with van der Waals surface area (Å²) < 4.78 is 4.94. The molecule has 6 rings (SSSR count). The van der Waals surface area contributed by atoms with Crippen molar-refractivity contribution >= 4 is 79.5 Å². The standard InChI is InChI=1S/C14H20N2.2C10H10N2.C10H13NO2/c1-5-10(4)16-14-9-8-13(15)11(6-2)12(14)7-3;2*11-9-5-6-10(12)8-4-2-1-3-7(8)9;1-2-7-13-10(12)8-3-5-9(11)6-4-8/h6-10,16H,2-3,5,15H2,1,4H3;2*1-6H,11-12H2;3-6H,2,7,11H2,1H3. The maximum atomic E-state index is 11.3. The van der Waals surface area contributed by atoms with Crippen LogP contribution in [0.4, 0.5) is 39.8 Å². The van der Waals surface area contributed by atoms with Crippen molar-refractivity contribution in [1.29, 1.82) is 0 Å². The SMILES string of the molecule is C=Cc1c(N)ccc(NC(C)CC)c1C=C.CCCOC(=O)c1ccc(N)cc1.Nc1ccc(N)c2ccccc12.Nc1ccc(N)c2ccccc12. The summed E-state index contributed by atoms with van der Waals surface area (Å²) in [6.45, 7) is 14.3. The molecule has 0 spiro atoms. The van der Waals surface area contributed by atoms with E-state index in [9.17, 15) is 4.79 Å². The number of nitrogens with one attached hydrogen (secondary N) is 1. The molecular formula is C44H53N7O2. The number of esters is 1. The second-order valence-electron chi connectivity index (χ2n) is 12.2. The monoisotopic (exact) mass is 711 g/mol. The van der Waals surface area contributed by atoms with Crippen molar-refractivity contribution in [1.82, 2.24) is 0 Å². The number of ether oxygens (including phenoxy) is 1. The van der Waals surface area contributed by atoms with Crippen molar-refractivity contribution in [3.05, 3.63) is 139 Å². The number of hydrogen-bond acceptors (Lipinski definition) is 9. The van der Waals surface area contributed by atoms with Crippen molar-refractivity contribution in [3.8, 4) is 0 Å². The molecule has 9 nitrogen and oxygen atoms in total. The lowest BCUT2D eigenvalue weighted by Crippen LogP contribution is -2.14. The topological polar surface area (TPSA) is 194 Å². The van der Waals surface area contributed by atoms with Crippen LogP contribution in [0, 0.1) is 0 Å². The van der Waals surface area contributed by atoms with Crippen LogP contribution in [0.15, 0.2) is 122 Å². The van der Waals surface area contributed by atoms with Crippen LogP contribution in [0.25, 0.3) is 33.7 Å². The Bertz CT molecular complexity index is 1960. The van der Waals surface area contributed by atoms with Gasteiger partial charge in [-0.1, -0.05) is 87.7 Å². The molecule has 0 aromatic heterocycles. The maximum Gasteiger partial charge on any atom is 0.338 e. The summed E-state index contributed by atoms with van der Waals surface area (Å²) >= 11 is 0. The summed E-state index contributed by atoms with van der Waals surface area (Å²) in [6, 6.07) is 34.0. The largest absolute Gasteiger partial charge is 0.462 e. The molecule has 0 fully saturated rings. The second kappa shape index (κ2) is 20.3. The van der Waals surface area contributed by atoms with Gasteiger partial charge in [0.05, 0.1) is 12.2 Å². The molecule has 9 heteroatoms. The third-order valence-corrected chi connectivity index (χ3v) is 8.31. The van der Waals surface area contributed by atoms with Gasteiger partial charge in [-0.15, -0.1) is 0 Å². The first-order valence-electron chi connectivity index (χ1n) is 17.5. The van der Waals surface area contributed by atoms with Crippen LogP contribution in [-0.2, 0) is 4.74 Å². The van der Waals surface area contributed by atoms with Crippen molar-refractivity contribution in [3.63, 3.8) is 0 Å². The first kappa shape index (κ1) is 40.8. The summed E-state index contributed by atoms with van der Waals surface area (Å²) in [5, 5.41) is 7.54. The molecule has 0 bridgehead atoms. The highest BCUT2D eigenvalue weighted by molar-refractivity contribution is 6.01. The lowest BCUT2D eigenvalue weighted by molar-refractivity contribution is 0.0505. The Balaban J connectivity index is 0.000000191. The fourth-order valence-electron chi connectivity index (χ4n) is 5.18. The number of hydrogen-bond donors (Lipinski definition) is 7. The molecule has 6 aromatic rings. The van der Waals surface area contributed by atoms with Crippen molar-refractivity contribution in [2.45, 2.75) is 39.7 Å². The van der Waals surface area contributed by atoms with Gasteiger partial charge < -0.3 is 44.5 Å². The average molecular weight is 712 g/mol. The van der Waals surface area contributed by atoms with E-state index >= 15 is 0 Å². The predicted molar refractivity (Wildman–Crippen MR) is 231 cm³/mol. The number of carbonyl (C=O) groups excluding carboxylic acids is 1. The summed E-state index contributed by atoms with van der Waals surface area (Å²) in [4.78, 5) is 11.3. The van der Waals surface area contributed by atoms with Crippen molar-refractivity contribution in [2.75, 3.05) is 46.3 Å². The minimum Gasteiger partial charge on any atom is -0.462 e. The number of carbonyl (C=O) groups is 1. The van der Waals surface area contributed by atoms with Crippen LogP contribution >= 0.6 is 0 Å². The molecule has 13 N–H and O–H groups in total. The van der Waals surface area contributed by atoms with Gasteiger partial charge in [-0.25, -0.2) is 4.79 Å². The molecule has 6 aromatic carbocycles. The van der Waals surface area contributed by atoms with E-state index in [2.05, 4.69) is 32.3 Å². The lowest BCUT2D eigenvalue weighted by Gasteiger charge is -2.17. The number of benzene rings is 6. The van der Waals surface area contributed by atoms with E-state index in [4.69, 9.17) is 39.1 Å². The average Bonchev–Trinajstić information content (AvgIpc) is 3.18. The summed E-state index contributed by atoms with van der Waals surface area (Å²) in [6.07, 6.45) is 5.50. The van der Waals surface area contributed by atoms with Crippen molar-refractivity contribution in [2.24, 2.45) is 0 Å². The van der Waals surface area contributed by atoms with Gasteiger partial charge in [0.1, 0.15) is 0 Å². The Morgan fingerprint density at radius 2 is 1.04 bits per heavy atom. The predicted octanol–water partition coefficient (Wildman–Crippen LogP) is 9.61. The number of fused-ring (bicyclic) bond motifs is 2. The minimum absolute atomic E-state index is 0.290. The summed E-state index contributed by atoms with van der Waals surface area (Å²) in [7, 11) is 0. The highest BCUT2D eigenvalue weighted by Gasteiger charge is 2.09. The molecule has 0 aliphatic rings. The van der Waals surface area contributed by atoms with Gasteiger partial charge in [0.25, 0.3) is 0 Å². The highest BCUT2D eigenvalue weighted by Crippen LogP contribution is 2.29. The molecule has 276 valence electrons. The zero-order chi connectivity index (χ0) is 38.9. The van der Waals surface area contributed by atoms with Crippen LogP contribution in [0.5, 0.6) is 0 Å². The molecular weight excluding hydrogens is 659 g/mol. The zero-order valence-corrected chi connectivity index (χ0v) is 30.9. The van der Waals surface area contributed by atoms with E-state index < -0.39 is 0 Å². The first-order valence-corrected chi connectivity index (χ1v) is 17.5. The summed E-state index contributed by atoms with van der Waals surface area (Å²) in [5.74, 6) is -0.290. The van der Waals surface area contributed by atoms with Gasteiger partial charge in [0, 0.05) is 78.5 Å². The van der Waals surface area contributed by atoms with Crippen LogP contribution in [0.3, 0.4) is 0 Å². The van der Waals surface area contributed by atoms with Gasteiger partial charge >= 0.3 is 5.97 Å². The van der Waals surface area contributed by atoms with E-state index in [1.54, 1.807) is 30.3 Å². The fourth-order valence-corrected chi connectivity index (χ4v) is 5.18. The number of rotatable bonds is 8. The van der Waals surface area contributed by atoms with Gasteiger partial charge in [0.15, 0.2) is 0 Å². The van der Waals surface area contributed by atoms with Gasteiger partial charge in [-0.2, -0.15) is 0 Å². The van der Waals surface area contributed by atoms with E-state index in [1.165, 1.54) is 0 Å². The third kappa shape index (κ3) is 11.5. The zero-order valence-electron chi connectivity index (χ0n) is 30.9. The minimum atomic E-state index is -0.290. The Hall–Kier alpha value is -6.61. The molecule has 1 unspecified atom stereocenters. The Morgan fingerprint density at radius 1 is 0.623 bits per heavy atom. The van der Waals surface area contributed by atoms with Crippen LogP contribution < -0.4 is 39.7 Å². The number of nitrogens with two attached hydrogens (primary N) is 6. The molecule has 0 aliphatic carbocycles. The Labute approximate surface area is 313 Å². The van der Waals surface area contributed by atoms with E-state index in [1.807, 2.05) is 97.9 Å². The quantitative estimate of drug-likeness (QED) is 0.0594. The van der Waals surface area contributed by atoms with Gasteiger partial charge in [-0.3, -0.25) is 0 Å². The molecule has 0 heterocycles. The maximum absolute atomic E-state index is 11.3. The normalized spacial score (nSPS) is 10.6. The summed E-state index contributed by atoms with van der Waals surface area (Å²) in [5.41, 5.74) is 42.5. The van der Waals surface area contributed by atoms with Gasteiger partial charge in [-0.05, 0) is 80.4 Å². The lowest BCUT2D eigenvalue weighted by atomic mass is 10.0. The van der Waals surface area contributed by atoms with Crippen LogP contribution in [0.2, 0.25) is 0 Å². The molecule has 1 atom stereocenters. The van der Waals surface area contributed by atoms with Crippen LogP contribution in [-0.4, -0.2) is 18.6 Å². The van der Waals surface area contributed by atoms with E-state index in [0.717, 1.165) is 79.6 Å². The molecule has 0 radical (unpaired) electrons. The molecule has 0 amide bonds. The first-order chi connectivity index (χ1) is 25.4. The highest BCUT2D eigenvalue weighted by atomic mass is 16.5. The molecule has 0 saturated heterocycles. The molecule has 0 aliphatic heterocycles. The second-order valence-corrected chi connectivity index (χ2v) is 12.2. The Kier molecular flexibility index (Phi) is 15.6. The Morgan fingerprint density at radius 3 is 1.42 bits per heavy atom. The van der Waals surface area contributed by atoms with Crippen LogP contribution in [0.1, 0.15) is 55.1 Å².